The lowest BCUT2D eigenvalue weighted by Gasteiger charge is -2.11. The van der Waals surface area contributed by atoms with Gasteiger partial charge in [-0.2, -0.15) is 0 Å². The molecule has 0 aliphatic heterocycles. The normalized spacial score (nSPS) is 13.5. The molecule has 1 heterocycles. The fourth-order valence-corrected chi connectivity index (χ4v) is 4.18. The molecule has 0 radical (unpaired) electrons. The minimum Gasteiger partial charge on any atom is -0.322 e. The molecule has 0 atom stereocenters. The second-order valence-electron chi connectivity index (χ2n) is 6.77. The molecule has 4 rings (SSSR count). The van der Waals surface area contributed by atoms with Crippen LogP contribution in [0.5, 0.6) is 0 Å². The molecule has 1 saturated carbocycles. The van der Waals surface area contributed by atoms with Crippen LogP contribution in [0, 0.1) is 11.6 Å². The van der Waals surface area contributed by atoms with Gasteiger partial charge in [-0.25, -0.2) is 8.78 Å². The van der Waals surface area contributed by atoms with Crippen LogP contribution >= 0.6 is 27.7 Å². The SMILES string of the molecule is O=C(CSc1nnc(C2CC2)n1Cc1ccccc1)Nc1c(F)cc(F)cc1Br. The van der Waals surface area contributed by atoms with Crippen molar-refractivity contribution in [3.8, 4) is 0 Å². The minimum absolute atomic E-state index is 0.0286. The molecule has 150 valence electrons. The molecule has 9 heteroatoms. The highest BCUT2D eigenvalue weighted by Gasteiger charge is 2.30. The zero-order valence-electron chi connectivity index (χ0n) is 15.2. The van der Waals surface area contributed by atoms with E-state index in [1.807, 2.05) is 34.9 Å². The molecule has 0 unspecified atom stereocenters. The Morgan fingerprint density at radius 1 is 1.21 bits per heavy atom. The molecule has 0 saturated heterocycles. The number of amides is 1. The lowest BCUT2D eigenvalue weighted by Crippen LogP contribution is -2.16. The van der Waals surface area contributed by atoms with Crippen molar-refractivity contribution in [1.82, 2.24) is 14.8 Å². The van der Waals surface area contributed by atoms with E-state index < -0.39 is 17.5 Å². The first-order valence-electron chi connectivity index (χ1n) is 9.05. The van der Waals surface area contributed by atoms with Crippen molar-refractivity contribution in [2.75, 3.05) is 11.1 Å². The fourth-order valence-electron chi connectivity index (χ4n) is 2.93. The number of hydrogen-bond acceptors (Lipinski definition) is 4. The third kappa shape index (κ3) is 4.84. The quantitative estimate of drug-likeness (QED) is 0.486. The summed E-state index contributed by atoms with van der Waals surface area (Å²) in [6.07, 6.45) is 2.19. The van der Waals surface area contributed by atoms with Crippen molar-refractivity contribution in [2.45, 2.75) is 30.5 Å². The first-order valence-corrected chi connectivity index (χ1v) is 10.8. The smallest absolute Gasteiger partial charge is 0.234 e. The number of aromatic nitrogens is 3. The Morgan fingerprint density at radius 3 is 2.66 bits per heavy atom. The summed E-state index contributed by atoms with van der Waals surface area (Å²) in [5.41, 5.74) is 1.04. The minimum atomic E-state index is -0.835. The first kappa shape index (κ1) is 20.0. The van der Waals surface area contributed by atoms with Gasteiger partial charge in [-0.05, 0) is 40.4 Å². The number of nitrogens with one attached hydrogen (secondary N) is 1. The van der Waals surface area contributed by atoms with Crippen molar-refractivity contribution in [2.24, 2.45) is 0 Å². The largest absolute Gasteiger partial charge is 0.322 e. The number of benzene rings is 2. The van der Waals surface area contributed by atoms with Crippen LogP contribution in [0.4, 0.5) is 14.5 Å². The number of rotatable bonds is 7. The Morgan fingerprint density at radius 2 is 1.97 bits per heavy atom. The van der Waals surface area contributed by atoms with E-state index in [4.69, 9.17) is 0 Å². The number of nitrogens with zero attached hydrogens (tertiary/aromatic N) is 3. The molecular formula is C20H17BrF2N4OS. The average Bonchev–Trinajstić information content (AvgIpc) is 3.46. The summed E-state index contributed by atoms with van der Waals surface area (Å²) in [7, 11) is 0. The number of hydrogen-bond donors (Lipinski definition) is 1. The van der Waals surface area contributed by atoms with Crippen molar-refractivity contribution in [3.63, 3.8) is 0 Å². The van der Waals surface area contributed by atoms with Gasteiger partial charge >= 0.3 is 0 Å². The van der Waals surface area contributed by atoms with E-state index in [9.17, 15) is 13.6 Å². The predicted octanol–water partition coefficient (Wildman–Crippen LogP) is 4.98. The molecule has 0 bridgehead atoms. The van der Waals surface area contributed by atoms with Crippen LogP contribution in [0.15, 0.2) is 52.1 Å². The van der Waals surface area contributed by atoms with E-state index in [1.165, 1.54) is 11.8 Å². The molecule has 1 aliphatic carbocycles. The second kappa shape index (κ2) is 8.62. The zero-order chi connectivity index (χ0) is 20.4. The Bertz CT molecular complexity index is 1020. The van der Waals surface area contributed by atoms with Gasteiger partial charge in [-0.3, -0.25) is 4.79 Å². The van der Waals surface area contributed by atoms with E-state index in [-0.39, 0.29) is 15.9 Å². The lowest BCUT2D eigenvalue weighted by molar-refractivity contribution is -0.113. The van der Waals surface area contributed by atoms with Crippen LogP contribution in [0.25, 0.3) is 0 Å². The highest BCUT2D eigenvalue weighted by molar-refractivity contribution is 9.10. The van der Waals surface area contributed by atoms with Gasteiger partial charge < -0.3 is 9.88 Å². The molecule has 1 N–H and O–H groups in total. The van der Waals surface area contributed by atoms with Gasteiger partial charge in [-0.1, -0.05) is 42.1 Å². The van der Waals surface area contributed by atoms with E-state index in [0.29, 0.717) is 17.6 Å². The summed E-state index contributed by atoms with van der Waals surface area (Å²) in [6, 6.07) is 11.8. The second-order valence-corrected chi connectivity index (χ2v) is 8.56. The third-order valence-electron chi connectivity index (χ3n) is 4.48. The van der Waals surface area contributed by atoms with Crippen molar-refractivity contribution < 1.29 is 13.6 Å². The number of thioether (sulfide) groups is 1. The monoisotopic (exact) mass is 478 g/mol. The van der Waals surface area contributed by atoms with Gasteiger partial charge in [0.25, 0.3) is 0 Å². The standard InChI is InChI=1S/C20H17BrF2N4OS/c21-15-8-14(22)9-16(23)18(15)24-17(28)11-29-20-26-25-19(13-6-7-13)27(20)10-12-4-2-1-3-5-12/h1-5,8-9,13H,6-7,10-11H2,(H,24,28). The van der Waals surface area contributed by atoms with E-state index in [2.05, 4.69) is 31.4 Å². The lowest BCUT2D eigenvalue weighted by atomic mass is 10.2. The maximum atomic E-state index is 13.9. The van der Waals surface area contributed by atoms with Crippen LogP contribution in [0.2, 0.25) is 0 Å². The summed E-state index contributed by atoms with van der Waals surface area (Å²) in [5, 5.41) is 11.7. The molecule has 0 spiro atoms. The molecular weight excluding hydrogens is 462 g/mol. The molecule has 1 aliphatic rings. The Labute approximate surface area is 179 Å². The Kier molecular flexibility index (Phi) is 5.96. The number of halogens is 3. The van der Waals surface area contributed by atoms with Crippen molar-refractivity contribution in [1.29, 1.82) is 0 Å². The van der Waals surface area contributed by atoms with Crippen molar-refractivity contribution >= 4 is 39.3 Å². The summed E-state index contributed by atoms with van der Waals surface area (Å²) in [6.45, 7) is 0.627. The van der Waals surface area contributed by atoms with Crippen LogP contribution in [0.1, 0.15) is 30.1 Å². The summed E-state index contributed by atoms with van der Waals surface area (Å²) >= 11 is 4.31. The van der Waals surface area contributed by atoms with Gasteiger partial charge in [0.15, 0.2) is 11.0 Å². The van der Waals surface area contributed by atoms with Gasteiger partial charge in [0.1, 0.15) is 11.6 Å². The fraction of sp³-hybridized carbons (Fsp3) is 0.250. The average molecular weight is 479 g/mol. The van der Waals surface area contributed by atoms with E-state index in [1.54, 1.807) is 0 Å². The predicted molar refractivity (Wildman–Crippen MR) is 111 cm³/mol. The van der Waals surface area contributed by atoms with Crippen molar-refractivity contribution in [3.05, 3.63) is 70.0 Å². The maximum Gasteiger partial charge on any atom is 0.234 e. The molecule has 1 aromatic heterocycles. The molecule has 1 fully saturated rings. The summed E-state index contributed by atoms with van der Waals surface area (Å²) < 4.78 is 29.3. The first-order chi connectivity index (χ1) is 14.0. The van der Waals surface area contributed by atoms with Gasteiger partial charge in [0.05, 0.1) is 18.0 Å². The van der Waals surface area contributed by atoms with Crippen LogP contribution < -0.4 is 5.32 Å². The molecule has 5 nitrogen and oxygen atoms in total. The van der Waals surface area contributed by atoms with E-state index in [0.717, 1.165) is 36.4 Å². The summed E-state index contributed by atoms with van der Waals surface area (Å²) in [5.74, 6) is -0.589. The highest BCUT2D eigenvalue weighted by atomic mass is 79.9. The zero-order valence-corrected chi connectivity index (χ0v) is 17.6. The number of carbonyl (C=O) groups excluding carboxylic acids is 1. The van der Waals surface area contributed by atoms with Gasteiger partial charge in [-0.15, -0.1) is 10.2 Å². The Balaban J connectivity index is 1.46. The van der Waals surface area contributed by atoms with E-state index >= 15 is 0 Å². The van der Waals surface area contributed by atoms with Gasteiger partial charge in [0, 0.05) is 16.5 Å². The Hall–Kier alpha value is -2.26. The van der Waals surface area contributed by atoms with Crippen LogP contribution in [0.3, 0.4) is 0 Å². The molecule has 2 aromatic carbocycles. The topological polar surface area (TPSA) is 59.8 Å². The highest BCUT2D eigenvalue weighted by Crippen LogP contribution is 2.40. The molecule has 3 aromatic rings. The molecule has 29 heavy (non-hydrogen) atoms. The maximum absolute atomic E-state index is 13.9. The molecule has 1 amide bonds. The third-order valence-corrected chi connectivity index (χ3v) is 6.07. The summed E-state index contributed by atoms with van der Waals surface area (Å²) in [4.78, 5) is 12.3. The van der Waals surface area contributed by atoms with Gasteiger partial charge in [0.2, 0.25) is 5.91 Å². The number of anilines is 1. The van der Waals surface area contributed by atoms with Crippen LogP contribution in [-0.2, 0) is 11.3 Å². The number of carbonyl (C=O) groups is 1. The van der Waals surface area contributed by atoms with Crippen LogP contribution in [-0.4, -0.2) is 26.4 Å².